The molecule has 0 aromatic heterocycles. The van der Waals surface area contributed by atoms with Gasteiger partial charge in [-0.25, -0.2) is 0 Å². The number of rotatable bonds is 1. The second-order valence-corrected chi connectivity index (χ2v) is 3.40. The smallest absolute Gasteiger partial charge is 0.0756 e. The summed E-state index contributed by atoms with van der Waals surface area (Å²) in [6.45, 7) is 7.04. The summed E-state index contributed by atoms with van der Waals surface area (Å²) in [5.41, 5.74) is 0. The van der Waals surface area contributed by atoms with E-state index in [-0.39, 0.29) is 0 Å². The quantitative estimate of drug-likeness (QED) is 0.539. The number of fused-ring (bicyclic) bond motifs is 1. The number of hydrogen-bond acceptors (Lipinski definition) is 3. The Kier molecular flexibility index (Phi) is 2.11. The fourth-order valence-electron chi connectivity index (χ4n) is 2.14. The van der Waals surface area contributed by atoms with Gasteiger partial charge in [-0.15, -0.1) is 0 Å². The molecule has 0 aromatic rings. The van der Waals surface area contributed by atoms with E-state index in [1.807, 2.05) is 0 Å². The van der Waals surface area contributed by atoms with Crippen molar-refractivity contribution in [3.63, 3.8) is 0 Å². The van der Waals surface area contributed by atoms with Gasteiger partial charge in [-0.1, -0.05) is 6.92 Å². The number of piperazine rings is 1. The Bertz CT molecular complexity index is 137. The molecule has 2 saturated heterocycles. The zero-order valence-electron chi connectivity index (χ0n) is 7.14. The van der Waals surface area contributed by atoms with Crippen LogP contribution in [-0.2, 0) is 0 Å². The fraction of sp³-hybridized carbons (Fsp3) is 1.00. The Balaban J connectivity index is 2.00. The van der Waals surface area contributed by atoms with Gasteiger partial charge in [0.25, 0.3) is 0 Å². The molecule has 2 heterocycles. The Morgan fingerprint density at radius 1 is 1.27 bits per heavy atom. The number of nitrogens with one attached hydrogen (secondary N) is 2. The zero-order chi connectivity index (χ0) is 7.68. The third-order valence-corrected chi connectivity index (χ3v) is 2.77. The SMILES string of the molecule is CCC1NCCN2CCNC12. The third-order valence-electron chi connectivity index (χ3n) is 2.77. The predicted molar refractivity (Wildman–Crippen MR) is 45.4 cm³/mol. The van der Waals surface area contributed by atoms with Crippen molar-refractivity contribution in [2.24, 2.45) is 0 Å². The minimum Gasteiger partial charge on any atom is -0.310 e. The molecule has 0 spiro atoms. The summed E-state index contributed by atoms with van der Waals surface area (Å²) in [6, 6.07) is 0.672. The number of nitrogens with zero attached hydrogens (tertiary/aromatic N) is 1. The molecule has 0 aliphatic carbocycles. The highest BCUT2D eigenvalue weighted by atomic mass is 15.4. The van der Waals surface area contributed by atoms with Gasteiger partial charge in [0, 0.05) is 32.2 Å². The van der Waals surface area contributed by atoms with E-state index >= 15 is 0 Å². The molecule has 2 atom stereocenters. The lowest BCUT2D eigenvalue weighted by atomic mass is 10.1. The molecule has 2 unspecified atom stereocenters. The van der Waals surface area contributed by atoms with E-state index in [0.717, 1.165) is 6.54 Å². The normalized spacial score (nSPS) is 39.0. The zero-order valence-corrected chi connectivity index (χ0v) is 7.14. The van der Waals surface area contributed by atoms with Crippen molar-refractivity contribution in [3.05, 3.63) is 0 Å². The minimum absolute atomic E-state index is 0.619. The van der Waals surface area contributed by atoms with Gasteiger partial charge in [-0.05, 0) is 6.42 Å². The van der Waals surface area contributed by atoms with Gasteiger partial charge in [-0.3, -0.25) is 10.2 Å². The van der Waals surface area contributed by atoms with Gasteiger partial charge in [-0.2, -0.15) is 0 Å². The van der Waals surface area contributed by atoms with Gasteiger partial charge in [0.15, 0.2) is 0 Å². The summed E-state index contributed by atoms with van der Waals surface area (Å²) >= 11 is 0. The van der Waals surface area contributed by atoms with Gasteiger partial charge in [0.05, 0.1) is 6.17 Å². The van der Waals surface area contributed by atoms with Crippen LogP contribution in [0, 0.1) is 0 Å². The maximum atomic E-state index is 3.54. The van der Waals surface area contributed by atoms with Crippen LogP contribution in [-0.4, -0.2) is 43.3 Å². The van der Waals surface area contributed by atoms with E-state index in [2.05, 4.69) is 22.5 Å². The maximum Gasteiger partial charge on any atom is 0.0756 e. The lowest BCUT2D eigenvalue weighted by Crippen LogP contribution is -2.58. The topological polar surface area (TPSA) is 27.3 Å². The van der Waals surface area contributed by atoms with Crippen LogP contribution in [0.25, 0.3) is 0 Å². The Labute approximate surface area is 68.1 Å². The van der Waals surface area contributed by atoms with E-state index in [1.54, 1.807) is 0 Å². The Morgan fingerprint density at radius 2 is 2.00 bits per heavy atom. The molecule has 2 N–H and O–H groups in total. The Morgan fingerprint density at radius 3 is 2.73 bits per heavy atom. The van der Waals surface area contributed by atoms with Crippen LogP contribution in [0.2, 0.25) is 0 Å². The molecule has 3 heteroatoms. The van der Waals surface area contributed by atoms with Crippen molar-refractivity contribution in [1.29, 1.82) is 0 Å². The molecule has 11 heavy (non-hydrogen) atoms. The van der Waals surface area contributed by atoms with Crippen LogP contribution in [0.3, 0.4) is 0 Å². The fourth-order valence-corrected chi connectivity index (χ4v) is 2.14. The van der Waals surface area contributed by atoms with E-state index in [1.165, 1.54) is 26.1 Å². The first-order valence-electron chi connectivity index (χ1n) is 4.62. The third kappa shape index (κ3) is 1.28. The van der Waals surface area contributed by atoms with Crippen molar-refractivity contribution in [1.82, 2.24) is 15.5 Å². The molecule has 2 fully saturated rings. The molecule has 2 aliphatic heterocycles. The van der Waals surface area contributed by atoms with E-state index in [0.29, 0.717) is 12.2 Å². The van der Waals surface area contributed by atoms with Gasteiger partial charge >= 0.3 is 0 Å². The second kappa shape index (κ2) is 3.09. The first-order valence-corrected chi connectivity index (χ1v) is 4.62. The molecule has 2 rings (SSSR count). The van der Waals surface area contributed by atoms with Crippen LogP contribution in [0.1, 0.15) is 13.3 Å². The number of hydrogen-bond donors (Lipinski definition) is 2. The average molecular weight is 155 g/mol. The molecule has 0 bridgehead atoms. The molecule has 0 saturated carbocycles. The van der Waals surface area contributed by atoms with Crippen LogP contribution < -0.4 is 10.6 Å². The van der Waals surface area contributed by atoms with Crippen LogP contribution >= 0.6 is 0 Å². The summed E-state index contributed by atoms with van der Waals surface area (Å²) < 4.78 is 0. The van der Waals surface area contributed by atoms with E-state index in [4.69, 9.17) is 0 Å². The highest BCUT2D eigenvalue weighted by Crippen LogP contribution is 2.12. The summed E-state index contributed by atoms with van der Waals surface area (Å²) in [5.74, 6) is 0. The molecule has 0 radical (unpaired) electrons. The first kappa shape index (κ1) is 7.53. The summed E-state index contributed by atoms with van der Waals surface area (Å²) in [5, 5.41) is 7.06. The summed E-state index contributed by atoms with van der Waals surface area (Å²) in [6.07, 6.45) is 1.85. The molecule has 2 aliphatic rings. The van der Waals surface area contributed by atoms with Crippen LogP contribution in [0.4, 0.5) is 0 Å². The molecule has 64 valence electrons. The average Bonchev–Trinajstić information content (AvgIpc) is 2.50. The van der Waals surface area contributed by atoms with Crippen molar-refractivity contribution in [2.75, 3.05) is 26.2 Å². The van der Waals surface area contributed by atoms with Crippen LogP contribution in [0.15, 0.2) is 0 Å². The van der Waals surface area contributed by atoms with Gasteiger partial charge in [0.2, 0.25) is 0 Å². The monoisotopic (exact) mass is 155 g/mol. The van der Waals surface area contributed by atoms with Crippen molar-refractivity contribution < 1.29 is 0 Å². The Hall–Kier alpha value is -0.120. The lowest BCUT2D eigenvalue weighted by molar-refractivity contribution is 0.148. The van der Waals surface area contributed by atoms with Crippen molar-refractivity contribution in [2.45, 2.75) is 25.6 Å². The van der Waals surface area contributed by atoms with Crippen molar-refractivity contribution in [3.8, 4) is 0 Å². The molecule has 3 nitrogen and oxygen atoms in total. The van der Waals surface area contributed by atoms with E-state index in [9.17, 15) is 0 Å². The lowest BCUT2D eigenvalue weighted by Gasteiger charge is -2.36. The summed E-state index contributed by atoms with van der Waals surface area (Å²) in [4.78, 5) is 2.55. The standard InChI is InChI=1S/C8H17N3/c1-2-7-8-10-4-6-11(8)5-3-9-7/h7-10H,2-6H2,1H3. The second-order valence-electron chi connectivity index (χ2n) is 3.40. The predicted octanol–water partition coefficient (Wildman–Crippen LogP) is -0.400. The van der Waals surface area contributed by atoms with Crippen LogP contribution in [0.5, 0.6) is 0 Å². The van der Waals surface area contributed by atoms with Crippen molar-refractivity contribution >= 4 is 0 Å². The highest BCUT2D eigenvalue weighted by molar-refractivity contribution is 4.91. The summed E-state index contributed by atoms with van der Waals surface area (Å²) in [7, 11) is 0. The highest BCUT2D eigenvalue weighted by Gasteiger charge is 2.32. The molecule has 0 aromatic carbocycles. The minimum atomic E-state index is 0.619. The van der Waals surface area contributed by atoms with Gasteiger partial charge in [0.1, 0.15) is 0 Å². The molecule has 0 amide bonds. The largest absolute Gasteiger partial charge is 0.310 e. The maximum absolute atomic E-state index is 3.54. The molecular formula is C8H17N3. The van der Waals surface area contributed by atoms with E-state index < -0.39 is 0 Å². The molecular weight excluding hydrogens is 138 g/mol. The first-order chi connectivity index (χ1) is 5.42. The van der Waals surface area contributed by atoms with Gasteiger partial charge < -0.3 is 5.32 Å².